The van der Waals surface area contributed by atoms with Gasteiger partial charge < -0.3 is 18.9 Å². The standard InChI is InChI=1S/C35H44N2O6S/c1-6-23-22-36-14-12-25-18-33(41-3)35(43-5)21-29(25)30(36)20-28(23)31-16-26-19-34(42-4)32(40-2)17-24(26)13-15-37(31)44(38,39)27-10-8-7-9-11-27/h7-11,17-19,21,23,28,30-31H,6,12-16,20,22H2,1-5H3. The fraction of sp³-hybridized carbons (Fsp3) is 0.486. The van der Waals surface area contributed by atoms with Gasteiger partial charge in [0.15, 0.2) is 23.0 Å². The molecule has 0 aliphatic carbocycles. The van der Waals surface area contributed by atoms with Crippen LogP contribution in [-0.4, -0.2) is 71.7 Å². The van der Waals surface area contributed by atoms with E-state index < -0.39 is 10.0 Å². The Labute approximate surface area is 261 Å². The molecule has 44 heavy (non-hydrogen) atoms. The van der Waals surface area contributed by atoms with Crippen LogP contribution in [-0.2, 0) is 29.3 Å². The Kier molecular flexibility index (Phi) is 8.81. The van der Waals surface area contributed by atoms with E-state index in [4.69, 9.17) is 18.9 Å². The van der Waals surface area contributed by atoms with Gasteiger partial charge >= 0.3 is 0 Å². The Morgan fingerprint density at radius 2 is 1.36 bits per heavy atom. The summed E-state index contributed by atoms with van der Waals surface area (Å²) in [7, 11) is 2.90. The first-order chi connectivity index (χ1) is 21.3. The number of sulfonamides is 1. The normalized spacial score (nSPS) is 23.9. The van der Waals surface area contributed by atoms with Crippen LogP contribution < -0.4 is 18.9 Å². The Hall–Kier alpha value is -3.27. The van der Waals surface area contributed by atoms with E-state index in [9.17, 15) is 8.42 Å². The summed E-state index contributed by atoms with van der Waals surface area (Å²) in [6.07, 6.45) is 4.04. The van der Waals surface area contributed by atoms with Crippen molar-refractivity contribution in [2.24, 2.45) is 11.8 Å². The van der Waals surface area contributed by atoms with Crippen LogP contribution in [0.4, 0.5) is 0 Å². The molecule has 4 unspecified atom stereocenters. The third kappa shape index (κ3) is 5.43. The van der Waals surface area contributed by atoms with E-state index in [0.717, 1.165) is 55.0 Å². The van der Waals surface area contributed by atoms with Crippen molar-refractivity contribution in [3.63, 3.8) is 0 Å². The van der Waals surface area contributed by atoms with Crippen molar-refractivity contribution in [1.29, 1.82) is 0 Å². The van der Waals surface area contributed by atoms with E-state index in [-0.39, 0.29) is 18.0 Å². The first-order valence-electron chi connectivity index (χ1n) is 15.6. The van der Waals surface area contributed by atoms with Crippen molar-refractivity contribution in [1.82, 2.24) is 9.21 Å². The van der Waals surface area contributed by atoms with Crippen LogP contribution in [0.5, 0.6) is 23.0 Å². The maximum Gasteiger partial charge on any atom is 0.243 e. The fourth-order valence-corrected chi connectivity index (χ4v) is 9.56. The van der Waals surface area contributed by atoms with Gasteiger partial charge in [0.05, 0.1) is 33.3 Å². The number of piperidine rings is 1. The van der Waals surface area contributed by atoms with Crippen LogP contribution in [0.2, 0.25) is 0 Å². The lowest BCUT2D eigenvalue weighted by Gasteiger charge is -2.50. The van der Waals surface area contributed by atoms with Gasteiger partial charge in [-0.05, 0) is 96.2 Å². The second-order valence-electron chi connectivity index (χ2n) is 12.2. The number of hydrogen-bond acceptors (Lipinski definition) is 7. The van der Waals surface area contributed by atoms with Gasteiger partial charge in [0.2, 0.25) is 10.0 Å². The average Bonchev–Trinajstić information content (AvgIpc) is 3.26. The van der Waals surface area contributed by atoms with Gasteiger partial charge in [-0.2, -0.15) is 4.31 Å². The van der Waals surface area contributed by atoms with Crippen LogP contribution in [0, 0.1) is 11.8 Å². The maximum absolute atomic E-state index is 14.5. The van der Waals surface area contributed by atoms with Crippen LogP contribution in [0.1, 0.15) is 48.1 Å². The molecule has 0 amide bonds. The Morgan fingerprint density at radius 1 is 0.773 bits per heavy atom. The molecular weight excluding hydrogens is 576 g/mol. The lowest BCUT2D eigenvalue weighted by molar-refractivity contribution is 0.0214. The predicted molar refractivity (Wildman–Crippen MR) is 171 cm³/mol. The third-order valence-corrected chi connectivity index (χ3v) is 12.1. The lowest BCUT2D eigenvalue weighted by Crippen LogP contribution is -2.54. The summed E-state index contributed by atoms with van der Waals surface area (Å²) in [6.45, 7) is 4.58. The van der Waals surface area contributed by atoms with Gasteiger partial charge in [0, 0.05) is 31.7 Å². The second kappa shape index (κ2) is 12.6. The van der Waals surface area contributed by atoms with Gasteiger partial charge in [-0.1, -0.05) is 31.5 Å². The molecule has 1 fully saturated rings. The molecule has 0 saturated carbocycles. The highest BCUT2D eigenvalue weighted by Crippen LogP contribution is 2.48. The van der Waals surface area contributed by atoms with Crippen molar-refractivity contribution in [2.45, 2.75) is 56.0 Å². The number of fused-ring (bicyclic) bond motifs is 4. The number of rotatable bonds is 8. The van der Waals surface area contributed by atoms with Gasteiger partial charge in [0.25, 0.3) is 0 Å². The monoisotopic (exact) mass is 620 g/mol. The number of nitrogens with zero attached hydrogens (tertiary/aromatic N) is 2. The first kappa shape index (κ1) is 30.7. The molecule has 0 spiro atoms. The molecule has 3 heterocycles. The molecule has 3 aliphatic heterocycles. The number of methoxy groups -OCH3 is 4. The van der Waals surface area contributed by atoms with Crippen molar-refractivity contribution < 1.29 is 27.4 Å². The zero-order chi connectivity index (χ0) is 31.0. The summed E-state index contributed by atoms with van der Waals surface area (Å²) >= 11 is 0. The Bertz CT molecular complexity index is 1590. The molecule has 3 aromatic rings. The minimum absolute atomic E-state index is 0.151. The maximum atomic E-state index is 14.5. The first-order valence-corrected chi connectivity index (χ1v) is 17.1. The van der Waals surface area contributed by atoms with E-state index >= 15 is 0 Å². The molecule has 1 saturated heterocycles. The average molecular weight is 621 g/mol. The molecule has 3 aromatic carbocycles. The van der Waals surface area contributed by atoms with Crippen LogP contribution in [0.15, 0.2) is 59.5 Å². The highest BCUT2D eigenvalue weighted by Gasteiger charge is 2.46. The molecule has 9 heteroatoms. The second-order valence-corrected chi connectivity index (χ2v) is 14.1. The third-order valence-electron chi connectivity index (χ3n) is 10.2. The molecule has 0 radical (unpaired) electrons. The molecule has 236 valence electrons. The topological polar surface area (TPSA) is 77.5 Å². The highest BCUT2D eigenvalue weighted by molar-refractivity contribution is 7.89. The SMILES string of the molecule is CCC1CN2CCc3cc(OC)c(OC)cc3C2CC1C1Cc2cc(OC)c(OC)cc2CCN1S(=O)(=O)c1ccccc1. The summed E-state index contributed by atoms with van der Waals surface area (Å²) in [5.41, 5.74) is 4.80. The molecule has 3 aliphatic rings. The molecule has 0 bridgehead atoms. The Morgan fingerprint density at radius 3 is 2.00 bits per heavy atom. The molecule has 8 nitrogen and oxygen atoms in total. The van der Waals surface area contributed by atoms with Gasteiger partial charge in [-0.3, -0.25) is 4.90 Å². The van der Waals surface area contributed by atoms with E-state index in [1.54, 1.807) is 52.7 Å². The van der Waals surface area contributed by atoms with Gasteiger partial charge in [-0.15, -0.1) is 0 Å². The van der Waals surface area contributed by atoms with Crippen LogP contribution in [0.3, 0.4) is 0 Å². The highest BCUT2D eigenvalue weighted by atomic mass is 32.2. The zero-order valence-corrected chi connectivity index (χ0v) is 27.2. The zero-order valence-electron chi connectivity index (χ0n) is 26.4. The molecular formula is C35H44N2O6S. The van der Waals surface area contributed by atoms with E-state index in [2.05, 4.69) is 30.0 Å². The van der Waals surface area contributed by atoms with E-state index in [1.165, 1.54) is 11.1 Å². The van der Waals surface area contributed by atoms with Crippen molar-refractivity contribution in [2.75, 3.05) is 48.1 Å². The lowest BCUT2D eigenvalue weighted by atomic mass is 9.71. The summed E-state index contributed by atoms with van der Waals surface area (Å²) in [6, 6.07) is 17.2. The minimum Gasteiger partial charge on any atom is -0.493 e. The Balaban J connectivity index is 1.45. The molecule has 6 rings (SSSR count). The fourth-order valence-electron chi connectivity index (χ4n) is 7.87. The largest absolute Gasteiger partial charge is 0.493 e. The quantitative estimate of drug-likeness (QED) is 0.328. The number of hydrogen-bond donors (Lipinski definition) is 0. The predicted octanol–water partition coefficient (Wildman–Crippen LogP) is 5.52. The van der Waals surface area contributed by atoms with Gasteiger partial charge in [0.1, 0.15) is 0 Å². The summed E-state index contributed by atoms with van der Waals surface area (Å²) in [4.78, 5) is 2.95. The molecule has 0 N–H and O–H groups in total. The smallest absolute Gasteiger partial charge is 0.243 e. The van der Waals surface area contributed by atoms with Gasteiger partial charge in [-0.25, -0.2) is 8.42 Å². The van der Waals surface area contributed by atoms with Crippen LogP contribution in [0.25, 0.3) is 0 Å². The van der Waals surface area contributed by atoms with Crippen molar-refractivity contribution in [3.8, 4) is 23.0 Å². The number of benzene rings is 3. The van der Waals surface area contributed by atoms with E-state index in [1.807, 2.05) is 16.4 Å². The summed E-state index contributed by atoms with van der Waals surface area (Å²) in [5.74, 6) is 3.34. The van der Waals surface area contributed by atoms with Crippen LogP contribution >= 0.6 is 0 Å². The molecule has 0 aromatic heterocycles. The van der Waals surface area contributed by atoms with E-state index in [0.29, 0.717) is 41.7 Å². The summed E-state index contributed by atoms with van der Waals surface area (Å²) < 4.78 is 53.4. The minimum atomic E-state index is -3.75. The molecule has 4 atom stereocenters. The van der Waals surface area contributed by atoms with Crippen molar-refractivity contribution >= 4 is 10.0 Å². The summed E-state index contributed by atoms with van der Waals surface area (Å²) in [5, 5.41) is 0. The number of ether oxygens (including phenoxy) is 4. The van der Waals surface area contributed by atoms with Crippen molar-refractivity contribution in [3.05, 3.63) is 76.9 Å².